The first-order chi connectivity index (χ1) is 23.7. The summed E-state index contributed by atoms with van der Waals surface area (Å²) in [6.45, 7) is 7.39. The zero-order chi connectivity index (χ0) is 37.2. The zero-order valence-corrected chi connectivity index (χ0v) is 29.4. The largest absolute Gasteiger partial charge is 0.394 e. The van der Waals surface area contributed by atoms with Crippen LogP contribution in [0.25, 0.3) is 0 Å². The summed E-state index contributed by atoms with van der Waals surface area (Å²) in [4.78, 5) is 82.2. The van der Waals surface area contributed by atoms with Crippen molar-refractivity contribution in [3.8, 4) is 0 Å². The molecule has 0 radical (unpaired) electrons. The minimum atomic E-state index is -1.48. The Hall–Kier alpha value is -4.57. The summed E-state index contributed by atoms with van der Waals surface area (Å²) in [5.41, 5.74) is 11.5. The Balaban J connectivity index is 2.25. The van der Waals surface area contributed by atoms with Crippen molar-refractivity contribution in [3.05, 3.63) is 35.9 Å². The molecule has 1 aromatic carbocycles. The Morgan fingerprint density at radius 3 is 2.04 bits per heavy atom. The molecule has 50 heavy (non-hydrogen) atoms. The van der Waals surface area contributed by atoms with E-state index in [1.807, 2.05) is 13.8 Å². The van der Waals surface area contributed by atoms with E-state index in [2.05, 4.69) is 36.9 Å². The van der Waals surface area contributed by atoms with Gasteiger partial charge in [0.25, 0.3) is 0 Å². The molecular weight excluding hydrogens is 646 g/mol. The Bertz CT molecular complexity index is 1300. The summed E-state index contributed by atoms with van der Waals surface area (Å²) < 4.78 is 0. The maximum atomic E-state index is 13.7. The van der Waals surface area contributed by atoms with Gasteiger partial charge in [-0.1, -0.05) is 58.0 Å². The highest BCUT2D eigenvalue weighted by Crippen LogP contribution is 2.11. The molecule has 0 spiro atoms. The number of nitrogens with one attached hydrogen (secondary N) is 6. The van der Waals surface area contributed by atoms with Crippen molar-refractivity contribution in [2.24, 2.45) is 28.3 Å². The van der Waals surface area contributed by atoms with Gasteiger partial charge in [0.05, 0.1) is 18.7 Å². The van der Waals surface area contributed by atoms with E-state index < -0.39 is 66.5 Å². The lowest BCUT2D eigenvalue weighted by atomic mass is 9.99. The number of aliphatic hydroxyl groups is 1. The molecule has 5 amide bonds. The number of hydrogen-bond donors (Lipinski definition) is 9. The van der Waals surface area contributed by atoms with Gasteiger partial charge in [0, 0.05) is 13.0 Å². The summed E-state index contributed by atoms with van der Waals surface area (Å²) in [5.74, 6) is -3.46. The number of aldehydes is 1. The number of guanidine groups is 1. The van der Waals surface area contributed by atoms with Crippen LogP contribution in [0.5, 0.6) is 0 Å². The van der Waals surface area contributed by atoms with Crippen LogP contribution < -0.4 is 43.4 Å². The van der Waals surface area contributed by atoms with Crippen LogP contribution >= 0.6 is 0 Å². The minimum Gasteiger partial charge on any atom is -0.394 e. The van der Waals surface area contributed by atoms with Crippen molar-refractivity contribution >= 4 is 41.8 Å². The van der Waals surface area contributed by atoms with Crippen molar-refractivity contribution < 1.29 is 33.9 Å². The molecule has 1 aliphatic rings. The van der Waals surface area contributed by atoms with Crippen LogP contribution in [0.3, 0.4) is 0 Å². The fraction of sp³-hybridized carbons (Fsp3) is 0.618. The molecule has 278 valence electrons. The van der Waals surface area contributed by atoms with Crippen LogP contribution in [0, 0.1) is 11.8 Å². The van der Waals surface area contributed by atoms with E-state index in [-0.39, 0.29) is 49.5 Å². The predicted octanol–water partition coefficient (Wildman–Crippen LogP) is -1.65. The molecule has 1 aliphatic heterocycles. The van der Waals surface area contributed by atoms with E-state index in [0.717, 1.165) is 6.42 Å². The second-order valence-corrected chi connectivity index (χ2v) is 13.3. The number of amides is 5. The third kappa shape index (κ3) is 14.5. The van der Waals surface area contributed by atoms with E-state index in [9.17, 15) is 33.9 Å². The highest BCUT2D eigenvalue weighted by Gasteiger charge is 2.33. The minimum absolute atomic E-state index is 0.00622. The molecule has 1 aromatic rings. The lowest BCUT2D eigenvalue weighted by molar-refractivity contribution is -0.135. The number of benzene rings is 1. The van der Waals surface area contributed by atoms with E-state index in [1.165, 1.54) is 0 Å². The molecule has 11 N–H and O–H groups in total. The van der Waals surface area contributed by atoms with Gasteiger partial charge in [-0.3, -0.25) is 29.0 Å². The molecule has 0 saturated carbocycles. The van der Waals surface area contributed by atoms with Gasteiger partial charge in [0.1, 0.15) is 30.5 Å². The zero-order valence-electron chi connectivity index (χ0n) is 29.4. The average molecular weight is 702 g/mol. The molecular formula is C34H55N9O7. The summed E-state index contributed by atoms with van der Waals surface area (Å²) in [7, 11) is 0. The van der Waals surface area contributed by atoms with Gasteiger partial charge >= 0.3 is 0 Å². The number of aliphatic imine (C=N–C) groups is 1. The summed E-state index contributed by atoms with van der Waals surface area (Å²) in [6, 6.07) is 2.88. The lowest BCUT2D eigenvalue weighted by Crippen LogP contribution is -2.60. The standard InChI is InChI=1S/C34H55N9O7/c1-20(2)16-25(31(48)42-27(18-44)21(3)4)40-32(49)26(17-22-10-6-5-7-11-22)41-33(50)28(19-45)43-30(47)24(13-9-15-38-34(35)36)39-29(46)23-12-8-14-37-23/h5-7,10-11,18,20-21,23-28,37,45H,8-9,12-17,19H2,1-4H3,(H,39,46)(H,40,49)(H,41,50)(H,42,48)(H,43,47)(H4,35,36,38)/t23-,24-,25-,26-,27+,28-/m0/s1. The number of carbonyl (C=O) groups is 6. The fourth-order valence-electron chi connectivity index (χ4n) is 5.35. The van der Waals surface area contributed by atoms with Crippen LogP contribution in [0.2, 0.25) is 0 Å². The summed E-state index contributed by atoms with van der Waals surface area (Å²) in [6.07, 6.45) is 2.82. The van der Waals surface area contributed by atoms with E-state index in [1.54, 1.807) is 44.2 Å². The van der Waals surface area contributed by atoms with Gasteiger partial charge < -0.3 is 53.3 Å². The van der Waals surface area contributed by atoms with Crippen molar-refractivity contribution in [2.75, 3.05) is 19.7 Å². The SMILES string of the molecule is CC(C)C[C@H](NC(=O)[C@H](Cc1ccccc1)NC(=O)[C@H](CO)NC(=O)[C@H](CCCN=C(N)N)NC(=O)[C@@H]1CCCN1)C(=O)N[C@H](C=O)C(C)C. The predicted molar refractivity (Wildman–Crippen MR) is 188 cm³/mol. The third-order valence-corrected chi connectivity index (χ3v) is 8.20. The molecule has 0 unspecified atom stereocenters. The molecule has 2 rings (SSSR count). The molecule has 1 heterocycles. The van der Waals surface area contributed by atoms with Crippen molar-refractivity contribution in [1.82, 2.24) is 31.9 Å². The second kappa shape index (κ2) is 21.5. The fourth-order valence-corrected chi connectivity index (χ4v) is 5.35. The Labute approximate surface area is 293 Å². The van der Waals surface area contributed by atoms with Crippen LogP contribution in [0.1, 0.15) is 65.4 Å². The van der Waals surface area contributed by atoms with Gasteiger partial charge in [0.15, 0.2) is 5.96 Å². The van der Waals surface area contributed by atoms with Crippen LogP contribution in [-0.2, 0) is 35.2 Å². The molecule has 16 heteroatoms. The molecule has 0 aromatic heterocycles. The molecule has 6 atom stereocenters. The highest BCUT2D eigenvalue weighted by molar-refractivity contribution is 5.96. The maximum Gasteiger partial charge on any atom is 0.245 e. The Morgan fingerprint density at radius 2 is 1.48 bits per heavy atom. The van der Waals surface area contributed by atoms with Gasteiger partial charge in [-0.05, 0) is 56.0 Å². The summed E-state index contributed by atoms with van der Waals surface area (Å²) in [5, 5.41) is 26.5. The van der Waals surface area contributed by atoms with Crippen molar-refractivity contribution in [3.63, 3.8) is 0 Å². The molecule has 1 saturated heterocycles. The third-order valence-electron chi connectivity index (χ3n) is 8.20. The van der Waals surface area contributed by atoms with E-state index in [4.69, 9.17) is 11.5 Å². The second-order valence-electron chi connectivity index (χ2n) is 13.3. The number of carbonyl (C=O) groups excluding carboxylic acids is 6. The van der Waals surface area contributed by atoms with Gasteiger partial charge in [-0.2, -0.15) is 0 Å². The highest BCUT2D eigenvalue weighted by atomic mass is 16.3. The molecule has 1 fully saturated rings. The quantitative estimate of drug-likeness (QED) is 0.0305. The number of nitrogens with two attached hydrogens (primary N) is 2. The topological polar surface area (TPSA) is 259 Å². The van der Waals surface area contributed by atoms with Crippen molar-refractivity contribution in [1.29, 1.82) is 0 Å². The number of aliphatic hydroxyl groups excluding tert-OH is 1. The molecule has 0 aliphatic carbocycles. The average Bonchev–Trinajstić information content (AvgIpc) is 3.62. The van der Waals surface area contributed by atoms with Crippen LogP contribution in [0.15, 0.2) is 35.3 Å². The molecule has 0 bridgehead atoms. The monoisotopic (exact) mass is 701 g/mol. The van der Waals surface area contributed by atoms with E-state index in [0.29, 0.717) is 31.2 Å². The van der Waals surface area contributed by atoms with Gasteiger partial charge in [0.2, 0.25) is 29.5 Å². The first kappa shape index (κ1) is 41.6. The smallest absolute Gasteiger partial charge is 0.245 e. The number of nitrogens with zero attached hydrogens (tertiary/aromatic N) is 1. The van der Waals surface area contributed by atoms with Crippen LogP contribution in [0.4, 0.5) is 0 Å². The first-order valence-corrected chi connectivity index (χ1v) is 17.2. The Kier molecular flexibility index (Phi) is 17.9. The lowest BCUT2D eigenvalue weighted by Gasteiger charge is -2.27. The Morgan fingerprint density at radius 1 is 0.880 bits per heavy atom. The maximum absolute atomic E-state index is 13.7. The normalized spacial score (nSPS) is 17.1. The van der Waals surface area contributed by atoms with E-state index >= 15 is 0 Å². The number of rotatable bonds is 21. The molecule has 16 nitrogen and oxygen atoms in total. The van der Waals surface area contributed by atoms with Crippen LogP contribution in [-0.4, -0.2) is 103 Å². The first-order valence-electron chi connectivity index (χ1n) is 17.2. The van der Waals surface area contributed by atoms with Gasteiger partial charge in [-0.25, -0.2) is 0 Å². The number of hydrogen-bond acceptors (Lipinski definition) is 9. The van der Waals surface area contributed by atoms with Gasteiger partial charge in [-0.15, -0.1) is 0 Å². The van der Waals surface area contributed by atoms with Crippen molar-refractivity contribution in [2.45, 2.75) is 102 Å². The summed E-state index contributed by atoms with van der Waals surface area (Å²) >= 11 is 0.